The van der Waals surface area contributed by atoms with E-state index in [2.05, 4.69) is 64.7 Å². The second-order valence-electron chi connectivity index (χ2n) is 7.47. The third-order valence-corrected chi connectivity index (χ3v) is 5.29. The molecule has 144 valence electrons. The van der Waals surface area contributed by atoms with Gasteiger partial charge in [0.25, 0.3) is 0 Å². The van der Waals surface area contributed by atoms with Crippen LogP contribution in [0.25, 0.3) is 5.69 Å². The number of imidazole rings is 1. The van der Waals surface area contributed by atoms with Crippen molar-refractivity contribution in [1.82, 2.24) is 14.5 Å². The first-order chi connectivity index (χ1) is 13.6. The Morgan fingerprint density at radius 3 is 2.43 bits per heavy atom. The topological polar surface area (TPSA) is 41.4 Å². The van der Waals surface area contributed by atoms with Gasteiger partial charge in [-0.25, -0.2) is 4.98 Å². The Labute approximate surface area is 166 Å². The van der Waals surface area contributed by atoms with Crippen LogP contribution in [0.5, 0.6) is 0 Å². The van der Waals surface area contributed by atoms with Gasteiger partial charge < -0.3 is 9.80 Å². The average molecular weight is 374 g/mol. The maximum atomic E-state index is 12.7. The van der Waals surface area contributed by atoms with Gasteiger partial charge in [0.1, 0.15) is 0 Å². The molecule has 2 aromatic carbocycles. The van der Waals surface area contributed by atoms with Crippen LogP contribution in [0.1, 0.15) is 16.7 Å². The second-order valence-corrected chi connectivity index (χ2v) is 7.47. The third kappa shape index (κ3) is 3.93. The van der Waals surface area contributed by atoms with E-state index in [1.165, 1.54) is 11.1 Å². The minimum atomic E-state index is 0.201. The number of hydrogen-bond acceptors (Lipinski definition) is 3. The van der Waals surface area contributed by atoms with Crippen LogP contribution < -0.4 is 4.90 Å². The van der Waals surface area contributed by atoms with Crippen molar-refractivity contribution in [3.63, 3.8) is 0 Å². The molecule has 1 saturated heterocycles. The van der Waals surface area contributed by atoms with Crippen LogP contribution in [0.2, 0.25) is 0 Å². The number of aromatic nitrogens is 2. The highest BCUT2D eigenvalue weighted by atomic mass is 16.2. The first-order valence-electron chi connectivity index (χ1n) is 9.79. The van der Waals surface area contributed by atoms with Crippen LogP contribution in [0.15, 0.2) is 60.9 Å². The molecule has 28 heavy (non-hydrogen) atoms. The van der Waals surface area contributed by atoms with Gasteiger partial charge in [-0.15, -0.1) is 0 Å². The van der Waals surface area contributed by atoms with Crippen LogP contribution in [0.3, 0.4) is 0 Å². The summed E-state index contributed by atoms with van der Waals surface area (Å²) < 4.78 is 2.11. The lowest BCUT2D eigenvalue weighted by atomic mass is 10.1. The first kappa shape index (κ1) is 18.3. The Morgan fingerprint density at radius 1 is 0.964 bits per heavy atom. The third-order valence-electron chi connectivity index (χ3n) is 5.29. The van der Waals surface area contributed by atoms with Crippen molar-refractivity contribution in [3.05, 3.63) is 77.6 Å². The van der Waals surface area contributed by atoms with E-state index in [1.807, 2.05) is 29.4 Å². The summed E-state index contributed by atoms with van der Waals surface area (Å²) in [4.78, 5) is 21.5. The maximum absolute atomic E-state index is 12.7. The van der Waals surface area contributed by atoms with E-state index in [0.29, 0.717) is 6.42 Å². The minimum absolute atomic E-state index is 0.201. The molecule has 1 amide bonds. The largest absolute Gasteiger partial charge is 0.339 e. The van der Waals surface area contributed by atoms with Gasteiger partial charge in [-0.1, -0.05) is 47.5 Å². The Bertz CT molecular complexity index is 953. The van der Waals surface area contributed by atoms with Crippen LogP contribution in [0, 0.1) is 13.8 Å². The summed E-state index contributed by atoms with van der Waals surface area (Å²) in [5, 5.41) is 0. The lowest BCUT2D eigenvalue weighted by Gasteiger charge is -2.35. The van der Waals surface area contributed by atoms with Crippen molar-refractivity contribution in [2.24, 2.45) is 0 Å². The van der Waals surface area contributed by atoms with Crippen molar-refractivity contribution < 1.29 is 4.79 Å². The number of carbonyl (C=O) groups is 1. The number of anilines is 1. The second kappa shape index (κ2) is 7.89. The number of aryl methyl sites for hydroxylation is 2. The van der Waals surface area contributed by atoms with Gasteiger partial charge >= 0.3 is 0 Å². The number of amides is 1. The predicted octanol–water partition coefficient (Wildman–Crippen LogP) is 3.38. The summed E-state index contributed by atoms with van der Waals surface area (Å²) in [7, 11) is 0. The number of piperazine rings is 1. The summed E-state index contributed by atoms with van der Waals surface area (Å²) in [5.41, 5.74) is 4.63. The van der Waals surface area contributed by atoms with Gasteiger partial charge in [-0.2, -0.15) is 0 Å². The SMILES string of the molecule is Cc1ccc(-n2ccnc2N2CCN(C(=O)Cc3cccc(C)c3)CC2)cc1. The predicted molar refractivity (Wildman–Crippen MR) is 112 cm³/mol. The average Bonchev–Trinajstić information content (AvgIpc) is 3.18. The summed E-state index contributed by atoms with van der Waals surface area (Å²) >= 11 is 0. The van der Waals surface area contributed by atoms with Crippen LogP contribution in [-0.2, 0) is 11.2 Å². The zero-order valence-electron chi connectivity index (χ0n) is 16.5. The molecule has 5 nitrogen and oxygen atoms in total. The van der Waals surface area contributed by atoms with Gasteiger partial charge in [0.15, 0.2) is 0 Å². The fourth-order valence-electron chi connectivity index (χ4n) is 3.70. The fraction of sp³-hybridized carbons (Fsp3) is 0.304. The Kier molecular flexibility index (Phi) is 5.15. The fourth-order valence-corrected chi connectivity index (χ4v) is 3.70. The zero-order valence-corrected chi connectivity index (χ0v) is 16.5. The normalized spacial score (nSPS) is 14.4. The van der Waals surface area contributed by atoms with Crippen molar-refractivity contribution in [2.45, 2.75) is 20.3 Å². The highest BCUT2D eigenvalue weighted by Crippen LogP contribution is 2.20. The van der Waals surface area contributed by atoms with Crippen LogP contribution >= 0.6 is 0 Å². The molecule has 1 aliphatic rings. The molecule has 0 aliphatic carbocycles. The van der Waals surface area contributed by atoms with E-state index < -0.39 is 0 Å². The number of benzene rings is 2. The molecular formula is C23H26N4O. The minimum Gasteiger partial charge on any atom is -0.339 e. The van der Waals surface area contributed by atoms with Gasteiger partial charge in [-0.05, 0) is 31.5 Å². The van der Waals surface area contributed by atoms with Crippen molar-refractivity contribution in [1.29, 1.82) is 0 Å². The molecule has 0 bridgehead atoms. The number of nitrogens with zero attached hydrogens (tertiary/aromatic N) is 4. The van der Waals surface area contributed by atoms with Crippen molar-refractivity contribution in [3.8, 4) is 5.69 Å². The zero-order chi connectivity index (χ0) is 19.5. The van der Waals surface area contributed by atoms with E-state index in [9.17, 15) is 4.79 Å². The first-order valence-corrected chi connectivity index (χ1v) is 9.79. The van der Waals surface area contributed by atoms with Crippen molar-refractivity contribution in [2.75, 3.05) is 31.1 Å². The highest BCUT2D eigenvalue weighted by Gasteiger charge is 2.23. The smallest absolute Gasteiger partial charge is 0.227 e. The molecule has 0 saturated carbocycles. The van der Waals surface area contributed by atoms with E-state index in [0.717, 1.165) is 43.4 Å². The maximum Gasteiger partial charge on any atom is 0.227 e. The molecule has 3 aromatic rings. The number of hydrogen-bond donors (Lipinski definition) is 0. The van der Waals surface area contributed by atoms with E-state index >= 15 is 0 Å². The van der Waals surface area contributed by atoms with Crippen molar-refractivity contribution >= 4 is 11.9 Å². The van der Waals surface area contributed by atoms with Gasteiger partial charge in [0.05, 0.1) is 6.42 Å². The summed E-state index contributed by atoms with van der Waals surface area (Å²) in [6.45, 7) is 7.19. The quantitative estimate of drug-likeness (QED) is 0.703. The van der Waals surface area contributed by atoms with Gasteiger partial charge in [-0.3, -0.25) is 9.36 Å². The van der Waals surface area contributed by atoms with Crippen LogP contribution in [-0.4, -0.2) is 46.5 Å². The summed E-state index contributed by atoms with van der Waals surface area (Å²) in [6.07, 6.45) is 4.30. The molecule has 0 radical (unpaired) electrons. The highest BCUT2D eigenvalue weighted by molar-refractivity contribution is 5.79. The van der Waals surface area contributed by atoms with E-state index in [-0.39, 0.29) is 5.91 Å². The molecule has 1 fully saturated rings. The molecule has 0 spiro atoms. The summed E-state index contributed by atoms with van der Waals surface area (Å²) in [5.74, 6) is 1.14. The molecule has 2 heterocycles. The van der Waals surface area contributed by atoms with E-state index in [1.54, 1.807) is 0 Å². The Morgan fingerprint density at radius 2 is 1.71 bits per heavy atom. The Balaban J connectivity index is 1.40. The van der Waals surface area contributed by atoms with E-state index in [4.69, 9.17) is 0 Å². The number of carbonyl (C=O) groups excluding carboxylic acids is 1. The molecule has 1 aliphatic heterocycles. The molecule has 0 atom stereocenters. The number of rotatable bonds is 4. The standard InChI is InChI=1S/C23H26N4O/c1-18-6-8-21(9-7-18)27-11-10-24-23(27)26-14-12-25(13-15-26)22(28)17-20-5-3-4-19(2)16-20/h3-11,16H,12-15,17H2,1-2H3. The molecular weight excluding hydrogens is 348 g/mol. The Hall–Kier alpha value is -3.08. The van der Waals surface area contributed by atoms with Crippen LogP contribution in [0.4, 0.5) is 5.95 Å². The molecule has 1 aromatic heterocycles. The monoisotopic (exact) mass is 374 g/mol. The lowest BCUT2D eigenvalue weighted by Crippen LogP contribution is -2.49. The lowest BCUT2D eigenvalue weighted by molar-refractivity contribution is -0.130. The molecule has 0 unspecified atom stereocenters. The molecule has 4 rings (SSSR count). The molecule has 0 N–H and O–H groups in total. The summed E-state index contributed by atoms with van der Waals surface area (Å²) in [6, 6.07) is 16.6. The van der Waals surface area contributed by atoms with Gasteiger partial charge in [0.2, 0.25) is 11.9 Å². The molecule has 5 heteroatoms. The van der Waals surface area contributed by atoms with Gasteiger partial charge in [0, 0.05) is 44.3 Å².